The van der Waals surface area contributed by atoms with Gasteiger partial charge in [0, 0.05) is 6.07 Å². The van der Waals surface area contributed by atoms with E-state index < -0.39 is 0 Å². The minimum atomic E-state index is 0.0905. The zero-order chi connectivity index (χ0) is 7.40. The topological polar surface area (TPSA) is 53.2 Å². The SMILES string of the molecule is N#COc1cccc(O)c1. The van der Waals surface area contributed by atoms with E-state index in [1.807, 2.05) is 0 Å². The van der Waals surface area contributed by atoms with Crippen molar-refractivity contribution >= 4 is 0 Å². The van der Waals surface area contributed by atoms with E-state index in [0.29, 0.717) is 5.75 Å². The maximum Gasteiger partial charge on any atom is 0.292 e. The number of rotatable bonds is 1. The number of nitrogens with zero attached hydrogens (tertiary/aromatic N) is 1. The van der Waals surface area contributed by atoms with Gasteiger partial charge in [0.05, 0.1) is 0 Å². The summed E-state index contributed by atoms with van der Waals surface area (Å²) in [6.07, 6.45) is 1.50. The molecule has 0 fully saturated rings. The fourth-order valence-electron chi connectivity index (χ4n) is 0.600. The largest absolute Gasteiger partial charge is 0.508 e. The molecule has 0 heterocycles. The van der Waals surface area contributed by atoms with Crippen LogP contribution >= 0.6 is 0 Å². The lowest BCUT2D eigenvalue weighted by Crippen LogP contribution is -1.79. The van der Waals surface area contributed by atoms with Crippen LogP contribution in [0.25, 0.3) is 0 Å². The molecule has 3 heteroatoms. The van der Waals surface area contributed by atoms with Gasteiger partial charge in [0.15, 0.2) is 0 Å². The van der Waals surface area contributed by atoms with Crippen LogP contribution in [-0.2, 0) is 0 Å². The van der Waals surface area contributed by atoms with Crippen LogP contribution in [0.15, 0.2) is 24.3 Å². The summed E-state index contributed by atoms with van der Waals surface area (Å²) in [6, 6.07) is 6.05. The van der Waals surface area contributed by atoms with E-state index in [4.69, 9.17) is 10.4 Å². The highest BCUT2D eigenvalue weighted by atomic mass is 16.5. The first kappa shape index (κ1) is 6.43. The summed E-state index contributed by atoms with van der Waals surface area (Å²) in [6.45, 7) is 0. The van der Waals surface area contributed by atoms with Crippen molar-refractivity contribution < 1.29 is 9.84 Å². The molecule has 0 aliphatic carbocycles. The monoisotopic (exact) mass is 135 g/mol. The van der Waals surface area contributed by atoms with Gasteiger partial charge < -0.3 is 9.84 Å². The molecular weight excluding hydrogens is 130 g/mol. The molecular formula is C7H5NO2. The van der Waals surface area contributed by atoms with E-state index in [-0.39, 0.29) is 5.75 Å². The van der Waals surface area contributed by atoms with Crippen LogP contribution in [0.3, 0.4) is 0 Å². The molecule has 0 spiro atoms. The Morgan fingerprint density at radius 1 is 1.50 bits per heavy atom. The van der Waals surface area contributed by atoms with E-state index >= 15 is 0 Å². The normalized spacial score (nSPS) is 8.30. The van der Waals surface area contributed by atoms with Crippen LogP contribution in [0.5, 0.6) is 11.5 Å². The molecule has 0 unspecified atom stereocenters. The molecule has 50 valence electrons. The van der Waals surface area contributed by atoms with Crippen molar-refractivity contribution in [2.75, 3.05) is 0 Å². The first-order valence-electron chi connectivity index (χ1n) is 2.68. The van der Waals surface area contributed by atoms with Crippen molar-refractivity contribution in [3.05, 3.63) is 24.3 Å². The van der Waals surface area contributed by atoms with Crippen molar-refractivity contribution in [3.63, 3.8) is 0 Å². The lowest BCUT2D eigenvalue weighted by atomic mass is 10.3. The highest BCUT2D eigenvalue weighted by Gasteiger charge is 1.91. The molecule has 0 aliphatic heterocycles. The zero-order valence-corrected chi connectivity index (χ0v) is 5.11. The first-order chi connectivity index (χ1) is 4.83. The van der Waals surface area contributed by atoms with Crippen molar-refractivity contribution in [1.29, 1.82) is 5.26 Å². The number of hydrogen-bond donors (Lipinski definition) is 1. The van der Waals surface area contributed by atoms with Crippen LogP contribution in [0.2, 0.25) is 0 Å². The number of ether oxygens (including phenoxy) is 1. The highest BCUT2D eigenvalue weighted by Crippen LogP contribution is 2.16. The average Bonchev–Trinajstić information content (AvgIpc) is 1.88. The van der Waals surface area contributed by atoms with Gasteiger partial charge in [-0.3, -0.25) is 0 Å². The van der Waals surface area contributed by atoms with Gasteiger partial charge in [0.1, 0.15) is 11.5 Å². The van der Waals surface area contributed by atoms with Crippen molar-refractivity contribution in [3.8, 4) is 17.8 Å². The third-order valence-electron chi connectivity index (χ3n) is 0.981. The van der Waals surface area contributed by atoms with E-state index in [9.17, 15) is 0 Å². The Kier molecular flexibility index (Phi) is 1.76. The molecule has 1 rings (SSSR count). The average molecular weight is 135 g/mol. The minimum Gasteiger partial charge on any atom is -0.508 e. The van der Waals surface area contributed by atoms with Gasteiger partial charge in [-0.15, -0.1) is 5.26 Å². The quantitative estimate of drug-likeness (QED) is 0.589. The molecule has 0 atom stereocenters. The highest BCUT2D eigenvalue weighted by molar-refractivity contribution is 5.32. The van der Waals surface area contributed by atoms with Crippen LogP contribution in [-0.4, -0.2) is 5.11 Å². The maximum atomic E-state index is 8.85. The number of hydrogen-bond acceptors (Lipinski definition) is 3. The van der Waals surface area contributed by atoms with E-state index in [2.05, 4.69) is 4.74 Å². The fraction of sp³-hybridized carbons (Fsp3) is 0. The van der Waals surface area contributed by atoms with Gasteiger partial charge in [-0.05, 0) is 12.1 Å². The molecule has 0 amide bonds. The first-order valence-corrected chi connectivity index (χ1v) is 2.68. The summed E-state index contributed by atoms with van der Waals surface area (Å²) in [5, 5.41) is 16.9. The summed E-state index contributed by atoms with van der Waals surface area (Å²) in [7, 11) is 0. The Morgan fingerprint density at radius 2 is 2.30 bits per heavy atom. The van der Waals surface area contributed by atoms with Gasteiger partial charge in [0.2, 0.25) is 0 Å². The smallest absolute Gasteiger partial charge is 0.292 e. The summed E-state index contributed by atoms with van der Waals surface area (Å²) in [4.78, 5) is 0. The fourth-order valence-corrected chi connectivity index (χ4v) is 0.600. The minimum absolute atomic E-state index is 0.0905. The second kappa shape index (κ2) is 2.74. The molecule has 0 saturated heterocycles. The Balaban J connectivity index is 2.87. The van der Waals surface area contributed by atoms with Crippen molar-refractivity contribution in [2.45, 2.75) is 0 Å². The Morgan fingerprint density at radius 3 is 2.90 bits per heavy atom. The number of benzene rings is 1. The summed E-state index contributed by atoms with van der Waals surface area (Å²) >= 11 is 0. The number of phenolic OH excluding ortho intramolecular Hbond substituents is 1. The molecule has 0 bridgehead atoms. The predicted octanol–water partition coefficient (Wildman–Crippen LogP) is 1.25. The lowest BCUT2D eigenvalue weighted by Gasteiger charge is -1.93. The zero-order valence-electron chi connectivity index (χ0n) is 5.11. The second-order valence-electron chi connectivity index (χ2n) is 1.69. The third-order valence-corrected chi connectivity index (χ3v) is 0.981. The van der Waals surface area contributed by atoms with Crippen LogP contribution in [0.4, 0.5) is 0 Å². The predicted molar refractivity (Wildman–Crippen MR) is 34.3 cm³/mol. The third kappa shape index (κ3) is 1.39. The molecule has 0 saturated carbocycles. The van der Waals surface area contributed by atoms with Crippen LogP contribution in [0.1, 0.15) is 0 Å². The molecule has 1 aromatic rings. The van der Waals surface area contributed by atoms with Gasteiger partial charge in [-0.25, -0.2) is 0 Å². The second-order valence-corrected chi connectivity index (χ2v) is 1.69. The van der Waals surface area contributed by atoms with E-state index in [1.54, 1.807) is 12.1 Å². The number of nitriles is 1. The van der Waals surface area contributed by atoms with Crippen molar-refractivity contribution in [2.24, 2.45) is 0 Å². The summed E-state index contributed by atoms with van der Waals surface area (Å²) < 4.78 is 4.43. The number of phenols is 1. The Hall–Kier alpha value is -1.69. The maximum absolute atomic E-state index is 8.85. The summed E-state index contributed by atoms with van der Waals surface area (Å²) in [5.41, 5.74) is 0. The van der Waals surface area contributed by atoms with Gasteiger partial charge >= 0.3 is 0 Å². The molecule has 10 heavy (non-hydrogen) atoms. The Labute approximate surface area is 58.1 Å². The van der Waals surface area contributed by atoms with Gasteiger partial charge in [-0.1, -0.05) is 6.07 Å². The molecule has 3 nitrogen and oxygen atoms in total. The molecule has 1 aromatic carbocycles. The van der Waals surface area contributed by atoms with E-state index in [1.165, 1.54) is 18.4 Å². The van der Waals surface area contributed by atoms with Gasteiger partial charge in [-0.2, -0.15) is 0 Å². The van der Waals surface area contributed by atoms with Crippen LogP contribution < -0.4 is 4.74 Å². The van der Waals surface area contributed by atoms with Gasteiger partial charge in [0.25, 0.3) is 6.26 Å². The van der Waals surface area contributed by atoms with Crippen molar-refractivity contribution in [1.82, 2.24) is 0 Å². The molecule has 0 aromatic heterocycles. The standard InChI is InChI=1S/C7H5NO2/c8-5-10-7-3-1-2-6(9)4-7/h1-4,9H. The Bertz CT molecular complexity index is 265. The molecule has 0 radical (unpaired) electrons. The number of aromatic hydroxyl groups is 1. The molecule has 0 aliphatic rings. The van der Waals surface area contributed by atoms with Crippen LogP contribution in [0, 0.1) is 11.5 Å². The summed E-state index contributed by atoms with van der Waals surface area (Å²) in [5.74, 6) is 0.440. The van der Waals surface area contributed by atoms with E-state index in [0.717, 1.165) is 0 Å². The molecule has 1 N–H and O–H groups in total. The lowest BCUT2D eigenvalue weighted by molar-refractivity contribution is 0.462.